The van der Waals surface area contributed by atoms with Crippen molar-refractivity contribution >= 4 is 10.0 Å². The molecule has 0 radical (unpaired) electrons. The molecule has 1 aliphatic carbocycles. The molecule has 0 spiro atoms. The van der Waals surface area contributed by atoms with Gasteiger partial charge in [0, 0.05) is 19.6 Å². The summed E-state index contributed by atoms with van der Waals surface area (Å²) in [4.78, 5) is 2.75. The summed E-state index contributed by atoms with van der Waals surface area (Å²) in [6.45, 7) is 3.76. The normalized spacial score (nSPS) is 20.3. The van der Waals surface area contributed by atoms with E-state index in [1.807, 2.05) is 30.3 Å². The van der Waals surface area contributed by atoms with Crippen LogP contribution >= 0.6 is 0 Å². The van der Waals surface area contributed by atoms with Gasteiger partial charge in [0.1, 0.15) is 0 Å². The van der Waals surface area contributed by atoms with Gasteiger partial charge in [0.2, 0.25) is 10.0 Å². The first-order valence-corrected chi connectivity index (χ1v) is 12.1. The number of rotatable bonds is 7. The molecule has 0 bridgehead atoms. The van der Waals surface area contributed by atoms with Gasteiger partial charge >= 0.3 is 0 Å². The number of ether oxygens (including phenoxy) is 1. The number of nitrogens with one attached hydrogen (secondary N) is 1. The first-order chi connectivity index (χ1) is 14.1. The topological polar surface area (TPSA) is 58.6 Å². The molecule has 0 amide bonds. The molecule has 1 N–H and O–H groups in total. The summed E-state index contributed by atoms with van der Waals surface area (Å²) >= 11 is 0. The average molecular weight is 415 g/mol. The predicted molar refractivity (Wildman–Crippen MR) is 114 cm³/mol. The second-order valence-electron chi connectivity index (χ2n) is 7.96. The minimum atomic E-state index is -3.44. The first-order valence-electron chi connectivity index (χ1n) is 10.6. The summed E-state index contributed by atoms with van der Waals surface area (Å²) in [6, 6.07) is 15.9. The number of morpholine rings is 1. The maximum atomic E-state index is 12.7. The number of hydrogen-bond donors (Lipinski definition) is 1. The Morgan fingerprint density at radius 2 is 1.83 bits per heavy atom. The lowest BCUT2D eigenvalue weighted by molar-refractivity contribution is -0.0300. The molecule has 6 heteroatoms. The second kappa shape index (κ2) is 9.39. The molecular weight excluding hydrogens is 384 g/mol. The standard InChI is InChI=1S/C23H30N2O3S/c26-29(27,22-12-11-19-7-4-5-10-21(19)17-22)24-13-6-14-25-15-16-28-23(18-25)20-8-2-1-3-9-20/h1-3,8-9,11-12,17,23-24H,4-7,10,13-16,18H2. The third-order valence-electron chi connectivity index (χ3n) is 5.90. The minimum Gasteiger partial charge on any atom is -0.371 e. The van der Waals surface area contributed by atoms with Crippen LogP contribution in [0.5, 0.6) is 0 Å². The van der Waals surface area contributed by atoms with Crippen LogP contribution in [0.25, 0.3) is 0 Å². The van der Waals surface area contributed by atoms with Crippen LogP contribution < -0.4 is 4.72 Å². The third kappa shape index (κ3) is 5.25. The Labute approximate surface area is 174 Å². The zero-order valence-corrected chi connectivity index (χ0v) is 17.7. The number of benzene rings is 2. The fourth-order valence-electron chi connectivity index (χ4n) is 4.24. The van der Waals surface area contributed by atoms with Crippen LogP contribution in [0.2, 0.25) is 0 Å². The Balaban J connectivity index is 1.26. The van der Waals surface area contributed by atoms with E-state index in [0.717, 1.165) is 45.3 Å². The van der Waals surface area contributed by atoms with Crippen molar-refractivity contribution in [2.75, 3.05) is 32.8 Å². The Morgan fingerprint density at radius 3 is 2.66 bits per heavy atom. The van der Waals surface area contributed by atoms with Crippen molar-refractivity contribution in [3.8, 4) is 0 Å². The van der Waals surface area contributed by atoms with Crippen molar-refractivity contribution in [1.82, 2.24) is 9.62 Å². The number of aryl methyl sites for hydroxylation is 2. The van der Waals surface area contributed by atoms with Gasteiger partial charge in [-0.2, -0.15) is 0 Å². The number of nitrogens with zero attached hydrogens (tertiary/aromatic N) is 1. The van der Waals surface area contributed by atoms with Crippen molar-refractivity contribution in [2.24, 2.45) is 0 Å². The molecule has 1 fully saturated rings. The molecule has 0 saturated carbocycles. The van der Waals surface area contributed by atoms with Gasteiger partial charge in [-0.15, -0.1) is 0 Å². The molecule has 2 aromatic rings. The molecule has 1 aliphatic heterocycles. The van der Waals surface area contributed by atoms with Gasteiger partial charge in [-0.25, -0.2) is 13.1 Å². The summed E-state index contributed by atoms with van der Waals surface area (Å²) in [5.74, 6) is 0. The van der Waals surface area contributed by atoms with Gasteiger partial charge in [0.05, 0.1) is 17.6 Å². The fourth-order valence-corrected chi connectivity index (χ4v) is 5.37. The zero-order valence-electron chi connectivity index (χ0n) is 16.8. The number of hydrogen-bond acceptors (Lipinski definition) is 4. The molecule has 1 heterocycles. The van der Waals surface area contributed by atoms with Gasteiger partial charge in [0.15, 0.2) is 0 Å². The molecule has 0 aromatic heterocycles. The van der Waals surface area contributed by atoms with Crippen LogP contribution in [-0.4, -0.2) is 46.1 Å². The number of fused-ring (bicyclic) bond motifs is 1. The van der Waals surface area contributed by atoms with Crippen LogP contribution in [0, 0.1) is 0 Å². The monoisotopic (exact) mass is 414 g/mol. The highest BCUT2D eigenvalue weighted by Crippen LogP contribution is 2.24. The largest absolute Gasteiger partial charge is 0.371 e. The molecular formula is C23H30N2O3S. The van der Waals surface area contributed by atoms with E-state index in [1.54, 1.807) is 6.07 Å². The second-order valence-corrected chi connectivity index (χ2v) is 9.73. The van der Waals surface area contributed by atoms with E-state index in [2.05, 4.69) is 21.8 Å². The van der Waals surface area contributed by atoms with Crippen LogP contribution in [0.15, 0.2) is 53.4 Å². The van der Waals surface area contributed by atoms with Crippen LogP contribution in [0.4, 0.5) is 0 Å². The molecule has 2 aromatic carbocycles. The van der Waals surface area contributed by atoms with Crippen LogP contribution in [-0.2, 0) is 27.6 Å². The predicted octanol–water partition coefficient (Wildman–Crippen LogP) is 3.31. The fraction of sp³-hybridized carbons (Fsp3) is 0.478. The molecule has 1 saturated heterocycles. The lowest BCUT2D eigenvalue weighted by Crippen LogP contribution is -2.39. The first kappa shape index (κ1) is 20.5. The number of sulfonamides is 1. The summed E-state index contributed by atoms with van der Waals surface area (Å²) in [7, 11) is -3.44. The Morgan fingerprint density at radius 1 is 1.03 bits per heavy atom. The van der Waals surface area contributed by atoms with E-state index in [0.29, 0.717) is 18.0 Å². The van der Waals surface area contributed by atoms with Crippen molar-refractivity contribution in [1.29, 1.82) is 0 Å². The molecule has 2 aliphatic rings. The minimum absolute atomic E-state index is 0.0946. The maximum Gasteiger partial charge on any atom is 0.240 e. The van der Waals surface area contributed by atoms with E-state index < -0.39 is 10.0 Å². The highest BCUT2D eigenvalue weighted by atomic mass is 32.2. The summed E-state index contributed by atoms with van der Waals surface area (Å²) in [5, 5.41) is 0. The Kier molecular flexibility index (Phi) is 6.65. The smallest absolute Gasteiger partial charge is 0.240 e. The van der Waals surface area contributed by atoms with Gasteiger partial charge < -0.3 is 4.74 Å². The molecule has 4 rings (SSSR count). The van der Waals surface area contributed by atoms with Crippen molar-refractivity contribution in [3.05, 3.63) is 65.2 Å². The van der Waals surface area contributed by atoms with Crippen molar-refractivity contribution in [2.45, 2.75) is 43.1 Å². The van der Waals surface area contributed by atoms with E-state index >= 15 is 0 Å². The van der Waals surface area contributed by atoms with E-state index in [-0.39, 0.29) is 6.10 Å². The third-order valence-corrected chi connectivity index (χ3v) is 7.35. The van der Waals surface area contributed by atoms with E-state index in [9.17, 15) is 8.42 Å². The molecule has 5 nitrogen and oxygen atoms in total. The highest BCUT2D eigenvalue weighted by Gasteiger charge is 2.22. The summed E-state index contributed by atoms with van der Waals surface area (Å²) in [6.07, 6.45) is 5.27. The quantitative estimate of drug-likeness (QED) is 0.706. The van der Waals surface area contributed by atoms with Gasteiger partial charge in [0.25, 0.3) is 0 Å². The SMILES string of the molecule is O=S(=O)(NCCCN1CCOC(c2ccccc2)C1)c1ccc2c(c1)CCCC2. The van der Waals surface area contributed by atoms with Gasteiger partial charge in [-0.1, -0.05) is 36.4 Å². The lowest BCUT2D eigenvalue weighted by Gasteiger charge is -2.33. The highest BCUT2D eigenvalue weighted by molar-refractivity contribution is 7.89. The molecule has 29 heavy (non-hydrogen) atoms. The average Bonchev–Trinajstić information content (AvgIpc) is 2.77. The van der Waals surface area contributed by atoms with Gasteiger partial charge in [-0.05, 0) is 67.5 Å². The maximum absolute atomic E-state index is 12.7. The van der Waals surface area contributed by atoms with Crippen LogP contribution in [0.1, 0.15) is 42.1 Å². The Bertz CT molecular complexity index is 915. The zero-order chi connectivity index (χ0) is 20.1. The van der Waals surface area contributed by atoms with E-state index in [4.69, 9.17) is 4.74 Å². The molecule has 1 unspecified atom stereocenters. The lowest BCUT2D eigenvalue weighted by atomic mass is 9.92. The summed E-state index contributed by atoms with van der Waals surface area (Å²) < 4.78 is 34.0. The van der Waals surface area contributed by atoms with Crippen LogP contribution in [0.3, 0.4) is 0 Å². The van der Waals surface area contributed by atoms with Crippen molar-refractivity contribution < 1.29 is 13.2 Å². The molecule has 1 atom stereocenters. The summed E-state index contributed by atoms with van der Waals surface area (Å²) in [5.41, 5.74) is 3.69. The van der Waals surface area contributed by atoms with Crippen molar-refractivity contribution in [3.63, 3.8) is 0 Å². The van der Waals surface area contributed by atoms with Gasteiger partial charge in [-0.3, -0.25) is 4.90 Å². The Hall–Kier alpha value is -1.73. The van der Waals surface area contributed by atoms with E-state index in [1.165, 1.54) is 23.1 Å². The molecule has 156 valence electrons.